The van der Waals surface area contributed by atoms with Gasteiger partial charge < -0.3 is 14.7 Å². The van der Waals surface area contributed by atoms with E-state index < -0.39 is 5.97 Å². The zero-order valence-electron chi connectivity index (χ0n) is 15.4. The number of likely N-dealkylation sites (tertiary alicyclic amines) is 1. The first-order valence-electron chi connectivity index (χ1n) is 9.29. The summed E-state index contributed by atoms with van der Waals surface area (Å²) in [6, 6.07) is 16.5. The highest BCUT2D eigenvalue weighted by Crippen LogP contribution is 2.44. The molecule has 2 aromatic carbocycles. The first-order valence-corrected chi connectivity index (χ1v) is 9.29. The number of carbonyl (C=O) groups excluding carboxylic acids is 1. The van der Waals surface area contributed by atoms with Gasteiger partial charge in [0.25, 0.3) is 0 Å². The fourth-order valence-corrected chi connectivity index (χ4v) is 4.26. The van der Waals surface area contributed by atoms with Gasteiger partial charge in [-0.2, -0.15) is 0 Å². The molecule has 1 aliphatic carbocycles. The van der Waals surface area contributed by atoms with Gasteiger partial charge >= 0.3 is 12.1 Å². The number of carboxylic acid groups (broad SMARTS) is 1. The topological polar surface area (TPSA) is 66.8 Å². The summed E-state index contributed by atoms with van der Waals surface area (Å²) in [5.74, 6) is -0.739. The summed E-state index contributed by atoms with van der Waals surface area (Å²) < 4.78 is 5.63. The number of carbonyl (C=O) groups is 2. The predicted octanol–water partition coefficient (Wildman–Crippen LogP) is 4.12. The summed E-state index contributed by atoms with van der Waals surface area (Å²) in [5, 5.41) is 8.83. The summed E-state index contributed by atoms with van der Waals surface area (Å²) in [6.07, 6.45) is 0.398. The van der Waals surface area contributed by atoms with Crippen LogP contribution in [-0.4, -0.2) is 41.8 Å². The number of fused-ring (bicyclic) bond motifs is 3. The van der Waals surface area contributed by atoms with Gasteiger partial charge in [0.15, 0.2) is 0 Å². The molecule has 0 atom stereocenters. The minimum Gasteiger partial charge on any atom is -0.481 e. The first-order chi connectivity index (χ1) is 13.0. The molecule has 1 amide bonds. The summed E-state index contributed by atoms with van der Waals surface area (Å²) in [6.45, 7) is 3.44. The third-order valence-electron chi connectivity index (χ3n) is 5.68. The van der Waals surface area contributed by atoms with E-state index >= 15 is 0 Å². The largest absolute Gasteiger partial charge is 0.481 e. The van der Waals surface area contributed by atoms with Crippen molar-refractivity contribution in [1.82, 2.24) is 4.90 Å². The molecule has 1 N–H and O–H groups in total. The Morgan fingerprint density at radius 2 is 1.63 bits per heavy atom. The van der Waals surface area contributed by atoms with Crippen LogP contribution in [0.3, 0.4) is 0 Å². The van der Waals surface area contributed by atoms with Crippen molar-refractivity contribution in [3.63, 3.8) is 0 Å². The molecule has 0 saturated carbocycles. The second kappa shape index (κ2) is 6.72. The van der Waals surface area contributed by atoms with Gasteiger partial charge in [0, 0.05) is 30.8 Å². The summed E-state index contributed by atoms with van der Waals surface area (Å²) in [5.41, 5.74) is 4.69. The molecule has 0 bridgehead atoms. The van der Waals surface area contributed by atoms with Crippen molar-refractivity contribution in [2.45, 2.75) is 25.7 Å². The van der Waals surface area contributed by atoms with E-state index in [-0.39, 0.29) is 23.8 Å². The van der Waals surface area contributed by atoms with Crippen molar-refractivity contribution < 1.29 is 19.4 Å². The molecular weight excluding hydrogens is 342 g/mol. The lowest BCUT2D eigenvalue weighted by Crippen LogP contribution is -2.57. The van der Waals surface area contributed by atoms with Crippen molar-refractivity contribution in [2.24, 2.45) is 5.41 Å². The molecule has 0 unspecified atom stereocenters. The molecule has 0 aromatic heterocycles. The van der Waals surface area contributed by atoms with E-state index in [1.807, 2.05) is 31.2 Å². The summed E-state index contributed by atoms with van der Waals surface area (Å²) in [7, 11) is 0. The Labute approximate surface area is 158 Å². The van der Waals surface area contributed by atoms with Gasteiger partial charge in [0.1, 0.15) is 6.61 Å². The van der Waals surface area contributed by atoms with Gasteiger partial charge in [0.05, 0.1) is 0 Å². The fraction of sp³-hybridized carbons (Fsp3) is 0.364. The number of benzene rings is 2. The molecular formula is C22H23NO4. The zero-order valence-corrected chi connectivity index (χ0v) is 15.4. The minimum absolute atomic E-state index is 0.0565. The lowest BCUT2D eigenvalue weighted by molar-refractivity contribution is -0.138. The van der Waals surface area contributed by atoms with E-state index in [9.17, 15) is 9.59 Å². The smallest absolute Gasteiger partial charge is 0.409 e. The Kier molecular flexibility index (Phi) is 4.38. The van der Waals surface area contributed by atoms with E-state index in [0.717, 1.165) is 0 Å². The van der Waals surface area contributed by atoms with E-state index in [1.54, 1.807) is 4.90 Å². The van der Waals surface area contributed by atoms with Crippen LogP contribution >= 0.6 is 0 Å². The number of hydrogen-bond donors (Lipinski definition) is 1. The van der Waals surface area contributed by atoms with Gasteiger partial charge in [0.2, 0.25) is 0 Å². The Bertz CT molecular complexity index is 840. The van der Waals surface area contributed by atoms with Gasteiger partial charge in [-0.3, -0.25) is 4.79 Å². The maximum absolute atomic E-state index is 12.4. The predicted molar refractivity (Wildman–Crippen MR) is 102 cm³/mol. The molecule has 4 rings (SSSR count). The second-order valence-corrected chi connectivity index (χ2v) is 7.86. The van der Waals surface area contributed by atoms with Crippen LogP contribution in [0.15, 0.2) is 48.5 Å². The number of amides is 1. The number of carboxylic acids is 1. The molecule has 1 fully saturated rings. The van der Waals surface area contributed by atoms with Crippen LogP contribution in [0.2, 0.25) is 0 Å². The number of ether oxygens (including phenoxy) is 1. The molecule has 5 nitrogen and oxygen atoms in total. The molecule has 0 radical (unpaired) electrons. The van der Waals surface area contributed by atoms with Crippen molar-refractivity contribution in [3.05, 3.63) is 59.7 Å². The molecule has 5 heteroatoms. The van der Waals surface area contributed by atoms with Crippen molar-refractivity contribution >= 4 is 12.1 Å². The summed E-state index contributed by atoms with van der Waals surface area (Å²) >= 11 is 0. The minimum atomic E-state index is -0.796. The van der Waals surface area contributed by atoms with Crippen LogP contribution in [0.4, 0.5) is 4.79 Å². The third-order valence-corrected chi connectivity index (χ3v) is 5.68. The Morgan fingerprint density at radius 3 is 2.19 bits per heavy atom. The quantitative estimate of drug-likeness (QED) is 0.865. The molecule has 1 aliphatic heterocycles. The molecule has 2 aliphatic rings. The van der Waals surface area contributed by atoms with Gasteiger partial charge in [-0.25, -0.2) is 4.79 Å². The Morgan fingerprint density at radius 1 is 1.07 bits per heavy atom. The molecule has 1 saturated heterocycles. The van der Waals surface area contributed by atoms with E-state index in [1.165, 1.54) is 22.3 Å². The SMILES string of the molecule is CC1(CCC(=O)O)CN(C(=O)OCC2c3ccccc3-c3ccccc32)C1. The molecule has 2 aromatic rings. The fourth-order valence-electron chi connectivity index (χ4n) is 4.26. The molecule has 1 heterocycles. The normalized spacial score (nSPS) is 17.0. The van der Waals surface area contributed by atoms with Crippen LogP contribution in [0.25, 0.3) is 11.1 Å². The average molecular weight is 365 g/mol. The van der Waals surface area contributed by atoms with Crippen molar-refractivity contribution in [2.75, 3.05) is 19.7 Å². The van der Waals surface area contributed by atoms with Gasteiger partial charge in [-0.05, 0) is 28.7 Å². The zero-order chi connectivity index (χ0) is 19.0. The first kappa shape index (κ1) is 17.6. The number of hydrogen-bond acceptors (Lipinski definition) is 3. The highest BCUT2D eigenvalue weighted by Gasteiger charge is 2.42. The Hall–Kier alpha value is -2.82. The average Bonchev–Trinajstić information content (AvgIpc) is 2.96. The molecule has 0 spiro atoms. The van der Waals surface area contributed by atoms with Crippen molar-refractivity contribution in [1.29, 1.82) is 0 Å². The lowest BCUT2D eigenvalue weighted by atomic mass is 9.78. The monoisotopic (exact) mass is 365 g/mol. The number of aliphatic carboxylic acids is 1. The van der Waals surface area contributed by atoms with E-state index in [2.05, 4.69) is 24.3 Å². The lowest BCUT2D eigenvalue weighted by Gasteiger charge is -2.47. The molecule has 140 valence electrons. The van der Waals surface area contributed by atoms with Crippen LogP contribution in [0.5, 0.6) is 0 Å². The van der Waals surface area contributed by atoms with E-state index in [4.69, 9.17) is 9.84 Å². The molecule has 27 heavy (non-hydrogen) atoms. The van der Waals surface area contributed by atoms with Crippen LogP contribution in [0, 0.1) is 5.41 Å². The van der Waals surface area contributed by atoms with E-state index in [0.29, 0.717) is 26.1 Å². The number of nitrogens with zero attached hydrogens (tertiary/aromatic N) is 1. The Balaban J connectivity index is 1.39. The third kappa shape index (κ3) is 3.29. The maximum Gasteiger partial charge on any atom is 0.409 e. The van der Waals surface area contributed by atoms with Gasteiger partial charge in [-0.1, -0.05) is 55.5 Å². The second-order valence-electron chi connectivity index (χ2n) is 7.86. The van der Waals surface area contributed by atoms with Gasteiger partial charge in [-0.15, -0.1) is 0 Å². The highest BCUT2D eigenvalue weighted by molar-refractivity contribution is 5.79. The maximum atomic E-state index is 12.4. The number of rotatable bonds is 5. The van der Waals surface area contributed by atoms with Crippen molar-refractivity contribution in [3.8, 4) is 11.1 Å². The standard InChI is InChI=1S/C22H23NO4/c1-22(11-10-20(24)25)13-23(14-22)21(26)27-12-19-17-8-4-2-6-15(17)16-7-3-5-9-18(16)19/h2-9,19H,10-14H2,1H3,(H,24,25). The highest BCUT2D eigenvalue weighted by atomic mass is 16.6. The van der Waals surface area contributed by atoms with Crippen LogP contribution in [-0.2, 0) is 9.53 Å². The summed E-state index contributed by atoms with van der Waals surface area (Å²) in [4.78, 5) is 24.8. The van der Waals surface area contributed by atoms with Crippen LogP contribution < -0.4 is 0 Å². The van der Waals surface area contributed by atoms with Crippen LogP contribution in [0.1, 0.15) is 36.8 Å².